The maximum atomic E-state index is 12.2. The van der Waals surface area contributed by atoms with Gasteiger partial charge in [0.2, 0.25) is 0 Å². The van der Waals surface area contributed by atoms with Crippen LogP contribution >= 0.6 is 0 Å². The minimum Gasteiger partial charge on any atom is -0.467 e. The molecule has 140 valence electrons. The molecule has 1 fully saturated rings. The zero-order valence-electron chi connectivity index (χ0n) is 15.2. The van der Waals surface area contributed by atoms with E-state index in [1.807, 2.05) is 0 Å². The number of hydrogen-bond donors (Lipinski definition) is 1. The SMILES string of the molecule is CN[C@@H]1C(OC)C[C@](C)(C(=O)OC)OC1C(OC)C(CC=O)OC. The van der Waals surface area contributed by atoms with Gasteiger partial charge in [-0.15, -0.1) is 0 Å². The number of ether oxygens (including phenoxy) is 5. The number of likely N-dealkylation sites (N-methyl/N-ethyl adjacent to an activating group) is 1. The second-order valence-corrected chi connectivity index (χ2v) is 5.97. The fourth-order valence-corrected chi connectivity index (χ4v) is 3.30. The van der Waals surface area contributed by atoms with E-state index in [9.17, 15) is 9.59 Å². The van der Waals surface area contributed by atoms with Gasteiger partial charge in [-0.05, 0) is 14.0 Å². The average Bonchev–Trinajstić information content (AvgIpc) is 2.60. The summed E-state index contributed by atoms with van der Waals surface area (Å²) in [7, 11) is 7.70. The molecule has 8 nitrogen and oxygen atoms in total. The van der Waals surface area contributed by atoms with Crippen molar-refractivity contribution in [3.8, 4) is 0 Å². The number of carbonyl (C=O) groups is 2. The van der Waals surface area contributed by atoms with Crippen LogP contribution in [0.4, 0.5) is 0 Å². The van der Waals surface area contributed by atoms with Crippen molar-refractivity contribution in [3.63, 3.8) is 0 Å². The fraction of sp³-hybridized carbons (Fsp3) is 0.875. The molecule has 1 aliphatic rings. The van der Waals surface area contributed by atoms with E-state index in [0.29, 0.717) is 6.42 Å². The lowest BCUT2D eigenvalue weighted by Crippen LogP contribution is -2.66. The van der Waals surface area contributed by atoms with E-state index in [1.54, 1.807) is 21.1 Å². The molecule has 0 aromatic carbocycles. The van der Waals surface area contributed by atoms with Gasteiger partial charge in [-0.25, -0.2) is 4.79 Å². The molecular weight excluding hydrogens is 318 g/mol. The molecule has 1 N–H and O–H groups in total. The van der Waals surface area contributed by atoms with Crippen molar-refractivity contribution < 1.29 is 33.3 Å². The minimum atomic E-state index is -1.18. The Labute approximate surface area is 143 Å². The maximum Gasteiger partial charge on any atom is 0.337 e. The molecule has 0 bridgehead atoms. The number of rotatable bonds is 9. The van der Waals surface area contributed by atoms with E-state index in [2.05, 4.69) is 5.32 Å². The fourth-order valence-electron chi connectivity index (χ4n) is 3.30. The summed E-state index contributed by atoms with van der Waals surface area (Å²) in [5.74, 6) is -0.483. The highest BCUT2D eigenvalue weighted by Gasteiger charge is 2.52. The monoisotopic (exact) mass is 347 g/mol. The molecule has 4 unspecified atom stereocenters. The van der Waals surface area contributed by atoms with E-state index in [0.717, 1.165) is 6.29 Å². The van der Waals surface area contributed by atoms with Crippen LogP contribution in [0.25, 0.3) is 0 Å². The van der Waals surface area contributed by atoms with Gasteiger partial charge in [-0.1, -0.05) is 0 Å². The Morgan fingerprint density at radius 3 is 2.42 bits per heavy atom. The topological polar surface area (TPSA) is 92.3 Å². The number of hydrogen-bond acceptors (Lipinski definition) is 8. The van der Waals surface area contributed by atoms with Crippen molar-refractivity contribution in [2.45, 2.75) is 55.8 Å². The third kappa shape index (κ3) is 4.31. The molecule has 0 saturated carbocycles. The van der Waals surface area contributed by atoms with Crippen LogP contribution in [0, 0.1) is 0 Å². The predicted octanol–water partition coefficient (Wildman–Crippen LogP) is -0.0710. The lowest BCUT2D eigenvalue weighted by molar-refractivity contribution is -0.232. The minimum absolute atomic E-state index is 0.151. The summed E-state index contributed by atoms with van der Waals surface area (Å²) in [5.41, 5.74) is -1.18. The van der Waals surface area contributed by atoms with Crippen molar-refractivity contribution in [3.05, 3.63) is 0 Å². The van der Waals surface area contributed by atoms with Gasteiger partial charge in [-0.2, -0.15) is 0 Å². The van der Waals surface area contributed by atoms with Gasteiger partial charge in [-0.3, -0.25) is 0 Å². The van der Waals surface area contributed by atoms with Gasteiger partial charge in [0.25, 0.3) is 0 Å². The molecule has 1 rings (SSSR count). The van der Waals surface area contributed by atoms with Gasteiger partial charge in [0.1, 0.15) is 18.5 Å². The number of esters is 1. The Kier molecular flexibility index (Phi) is 8.24. The van der Waals surface area contributed by atoms with E-state index >= 15 is 0 Å². The summed E-state index contributed by atoms with van der Waals surface area (Å²) in [6, 6.07) is -0.248. The number of carbonyl (C=O) groups excluding carboxylic acids is 2. The molecule has 0 aliphatic carbocycles. The summed E-state index contributed by atoms with van der Waals surface area (Å²) in [4.78, 5) is 23.2. The summed E-state index contributed by atoms with van der Waals surface area (Å²) in [5, 5.41) is 3.16. The average molecular weight is 347 g/mol. The summed E-state index contributed by atoms with van der Waals surface area (Å²) in [6.07, 6.45) is -0.704. The Morgan fingerprint density at radius 2 is 2.00 bits per heavy atom. The Hall–Kier alpha value is -1.06. The van der Waals surface area contributed by atoms with Crippen LogP contribution in [0.5, 0.6) is 0 Å². The van der Waals surface area contributed by atoms with Crippen molar-refractivity contribution in [2.75, 3.05) is 35.5 Å². The molecule has 1 heterocycles. The smallest absolute Gasteiger partial charge is 0.337 e. The molecule has 0 aromatic heterocycles. The number of aldehydes is 1. The zero-order chi connectivity index (χ0) is 18.3. The molecule has 1 saturated heterocycles. The van der Waals surface area contributed by atoms with Crippen LogP contribution in [0.2, 0.25) is 0 Å². The first-order chi connectivity index (χ1) is 11.4. The molecular formula is C16H29NO7. The Bertz CT molecular complexity index is 419. The first-order valence-corrected chi connectivity index (χ1v) is 7.87. The van der Waals surface area contributed by atoms with E-state index in [4.69, 9.17) is 23.7 Å². The van der Waals surface area contributed by atoms with Crippen LogP contribution in [-0.4, -0.2) is 83.8 Å². The van der Waals surface area contributed by atoms with Crippen molar-refractivity contribution >= 4 is 12.3 Å². The largest absolute Gasteiger partial charge is 0.467 e. The normalized spacial score (nSPS) is 32.8. The van der Waals surface area contributed by atoms with Crippen molar-refractivity contribution in [1.29, 1.82) is 0 Å². The standard InChI is InChI=1S/C16H29NO7/c1-16(15(19)23-6)9-11(21-4)12(17-2)14(24-16)13(22-5)10(20-3)7-8-18/h8,10-14,17H,7,9H2,1-6H3/t10?,11?,12-,13?,14?,16-/m1/s1. The Morgan fingerprint density at radius 1 is 1.33 bits per heavy atom. The van der Waals surface area contributed by atoms with Crippen molar-refractivity contribution in [2.24, 2.45) is 0 Å². The molecule has 1 aliphatic heterocycles. The summed E-state index contributed by atoms with van der Waals surface area (Å²) < 4.78 is 27.5. The quantitative estimate of drug-likeness (QED) is 0.458. The molecule has 6 atom stereocenters. The van der Waals surface area contributed by atoms with Crippen LogP contribution in [-0.2, 0) is 33.3 Å². The third-order valence-electron chi connectivity index (χ3n) is 4.59. The van der Waals surface area contributed by atoms with E-state index in [1.165, 1.54) is 21.3 Å². The molecule has 0 amide bonds. The van der Waals surface area contributed by atoms with Crippen LogP contribution < -0.4 is 5.32 Å². The molecule has 8 heteroatoms. The second-order valence-electron chi connectivity index (χ2n) is 5.97. The highest BCUT2D eigenvalue weighted by atomic mass is 16.6. The Balaban J connectivity index is 3.20. The van der Waals surface area contributed by atoms with Crippen LogP contribution in [0.3, 0.4) is 0 Å². The first-order valence-electron chi connectivity index (χ1n) is 7.87. The van der Waals surface area contributed by atoms with Gasteiger partial charge in [0.15, 0.2) is 5.60 Å². The molecule has 0 radical (unpaired) electrons. The second kappa shape index (κ2) is 9.43. The maximum absolute atomic E-state index is 12.2. The third-order valence-corrected chi connectivity index (χ3v) is 4.59. The van der Waals surface area contributed by atoms with Crippen LogP contribution in [0.15, 0.2) is 0 Å². The van der Waals surface area contributed by atoms with Crippen molar-refractivity contribution in [1.82, 2.24) is 5.32 Å². The van der Waals surface area contributed by atoms with Gasteiger partial charge >= 0.3 is 5.97 Å². The molecule has 0 spiro atoms. The van der Waals surface area contributed by atoms with Gasteiger partial charge < -0.3 is 33.8 Å². The van der Waals surface area contributed by atoms with Gasteiger partial charge in [0, 0.05) is 34.2 Å². The number of nitrogens with one attached hydrogen (secondary N) is 1. The lowest BCUT2D eigenvalue weighted by atomic mass is 9.84. The highest BCUT2D eigenvalue weighted by molar-refractivity contribution is 5.79. The summed E-state index contributed by atoms with van der Waals surface area (Å²) in [6.45, 7) is 1.66. The predicted molar refractivity (Wildman–Crippen MR) is 85.8 cm³/mol. The van der Waals surface area contributed by atoms with E-state index in [-0.39, 0.29) is 18.6 Å². The lowest BCUT2D eigenvalue weighted by Gasteiger charge is -2.48. The van der Waals surface area contributed by atoms with Crippen LogP contribution in [0.1, 0.15) is 19.8 Å². The first kappa shape index (κ1) is 21.0. The number of methoxy groups -OCH3 is 4. The zero-order valence-corrected chi connectivity index (χ0v) is 15.2. The highest BCUT2D eigenvalue weighted by Crippen LogP contribution is 2.35. The van der Waals surface area contributed by atoms with E-state index < -0.39 is 29.9 Å². The summed E-state index contributed by atoms with van der Waals surface area (Å²) >= 11 is 0. The molecule has 0 aromatic rings. The van der Waals surface area contributed by atoms with Gasteiger partial charge in [0.05, 0.1) is 25.4 Å². The molecule has 24 heavy (non-hydrogen) atoms.